The van der Waals surface area contributed by atoms with Gasteiger partial charge in [0.2, 0.25) is 5.88 Å². The number of aromatic nitrogens is 1. The Labute approximate surface area is 80.0 Å². The number of methoxy groups -OCH3 is 1. The van der Waals surface area contributed by atoms with Gasteiger partial charge in [-0.25, -0.2) is 4.98 Å². The molecule has 1 aromatic rings. The number of pyridine rings is 1. The molecule has 0 aliphatic rings. The summed E-state index contributed by atoms with van der Waals surface area (Å²) in [6, 6.07) is 5.88. The SMILES string of the molecule is COc1cccc(CC(C)(C)C)n1. The summed E-state index contributed by atoms with van der Waals surface area (Å²) in [6.07, 6.45) is 0.976. The van der Waals surface area contributed by atoms with Gasteiger partial charge in [-0.05, 0) is 17.9 Å². The Morgan fingerprint density at radius 3 is 2.54 bits per heavy atom. The first-order valence-corrected chi connectivity index (χ1v) is 4.51. The van der Waals surface area contributed by atoms with Crippen LogP contribution in [0.5, 0.6) is 5.88 Å². The molecular weight excluding hydrogens is 162 g/mol. The van der Waals surface area contributed by atoms with Crippen LogP contribution in [-0.2, 0) is 6.42 Å². The number of hydrogen-bond acceptors (Lipinski definition) is 2. The molecule has 0 radical (unpaired) electrons. The molecule has 0 aliphatic carbocycles. The Bertz CT molecular complexity index is 276. The average molecular weight is 179 g/mol. The summed E-state index contributed by atoms with van der Waals surface area (Å²) in [5.74, 6) is 0.696. The van der Waals surface area contributed by atoms with Crippen LogP contribution in [0.1, 0.15) is 26.5 Å². The minimum atomic E-state index is 0.277. The fourth-order valence-electron chi connectivity index (χ4n) is 1.21. The van der Waals surface area contributed by atoms with E-state index in [4.69, 9.17) is 4.74 Å². The Hall–Kier alpha value is -1.05. The Balaban J connectivity index is 2.78. The van der Waals surface area contributed by atoms with Crippen LogP contribution in [0.3, 0.4) is 0 Å². The van der Waals surface area contributed by atoms with Gasteiger partial charge in [-0.1, -0.05) is 26.8 Å². The zero-order valence-corrected chi connectivity index (χ0v) is 8.79. The quantitative estimate of drug-likeness (QED) is 0.696. The normalized spacial score (nSPS) is 11.4. The smallest absolute Gasteiger partial charge is 0.213 e. The number of nitrogens with zero attached hydrogens (tertiary/aromatic N) is 1. The largest absolute Gasteiger partial charge is 0.481 e. The fourth-order valence-corrected chi connectivity index (χ4v) is 1.21. The first kappa shape index (κ1) is 10.0. The molecule has 2 nitrogen and oxygen atoms in total. The Kier molecular flexibility index (Phi) is 2.91. The molecule has 1 heterocycles. The van der Waals surface area contributed by atoms with E-state index in [0.717, 1.165) is 12.1 Å². The molecule has 0 amide bonds. The Morgan fingerprint density at radius 2 is 2.00 bits per heavy atom. The lowest BCUT2D eigenvalue weighted by molar-refractivity contribution is 0.382. The molecule has 13 heavy (non-hydrogen) atoms. The van der Waals surface area contributed by atoms with E-state index in [1.54, 1.807) is 7.11 Å². The molecule has 2 heteroatoms. The summed E-state index contributed by atoms with van der Waals surface area (Å²) >= 11 is 0. The zero-order chi connectivity index (χ0) is 9.90. The van der Waals surface area contributed by atoms with E-state index >= 15 is 0 Å². The van der Waals surface area contributed by atoms with Crippen LogP contribution < -0.4 is 4.74 Å². The standard InChI is InChI=1S/C11H17NO/c1-11(2,3)8-9-6-5-7-10(12-9)13-4/h5-7H,8H2,1-4H3. The lowest BCUT2D eigenvalue weighted by Gasteiger charge is -2.17. The second kappa shape index (κ2) is 3.77. The Morgan fingerprint density at radius 1 is 1.31 bits per heavy atom. The molecule has 72 valence electrons. The summed E-state index contributed by atoms with van der Waals surface area (Å²) in [6.45, 7) is 6.61. The summed E-state index contributed by atoms with van der Waals surface area (Å²) in [5.41, 5.74) is 1.37. The maximum atomic E-state index is 5.06. The predicted molar refractivity (Wildman–Crippen MR) is 53.9 cm³/mol. The average Bonchev–Trinajstić information content (AvgIpc) is 2.01. The van der Waals surface area contributed by atoms with E-state index in [-0.39, 0.29) is 5.41 Å². The first-order valence-electron chi connectivity index (χ1n) is 4.51. The van der Waals surface area contributed by atoms with Crippen LogP contribution in [-0.4, -0.2) is 12.1 Å². The molecule has 0 spiro atoms. The van der Waals surface area contributed by atoms with E-state index in [1.807, 2.05) is 18.2 Å². The van der Waals surface area contributed by atoms with Gasteiger partial charge in [-0.3, -0.25) is 0 Å². The third kappa shape index (κ3) is 3.45. The maximum Gasteiger partial charge on any atom is 0.213 e. The van der Waals surface area contributed by atoms with Crippen molar-refractivity contribution in [2.75, 3.05) is 7.11 Å². The van der Waals surface area contributed by atoms with Crippen molar-refractivity contribution in [2.24, 2.45) is 5.41 Å². The molecule has 0 saturated heterocycles. The van der Waals surface area contributed by atoms with Crippen molar-refractivity contribution in [1.82, 2.24) is 4.98 Å². The molecule has 0 fully saturated rings. The van der Waals surface area contributed by atoms with Crippen LogP contribution in [0.4, 0.5) is 0 Å². The van der Waals surface area contributed by atoms with Crippen molar-refractivity contribution in [1.29, 1.82) is 0 Å². The molecule has 0 unspecified atom stereocenters. The maximum absolute atomic E-state index is 5.06. The highest BCUT2D eigenvalue weighted by Crippen LogP contribution is 2.20. The van der Waals surface area contributed by atoms with Gasteiger partial charge in [0.05, 0.1) is 7.11 Å². The minimum absolute atomic E-state index is 0.277. The van der Waals surface area contributed by atoms with Crippen molar-refractivity contribution < 1.29 is 4.74 Å². The highest BCUT2D eigenvalue weighted by atomic mass is 16.5. The number of hydrogen-bond donors (Lipinski definition) is 0. The van der Waals surface area contributed by atoms with E-state index in [9.17, 15) is 0 Å². The number of rotatable bonds is 2. The fraction of sp³-hybridized carbons (Fsp3) is 0.545. The first-order chi connectivity index (χ1) is 6.01. The topological polar surface area (TPSA) is 22.1 Å². The molecule has 0 saturated carbocycles. The van der Waals surface area contributed by atoms with E-state index in [0.29, 0.717) is 5.88 Å². The molecule has 1 rings (SSSR count). The molecule has 0 bridgehead atoms. The van der Waals surface area contributed by atoms with Crippen molar-refractivity contribution in [2.45, 2.75) is 27.2 Å². The van der Waals surface area contributed by atoms with Crippen LogP contribution in [0.2, 0.25) is 0 Å². The summed E-state index contributed by atoms with van der Waals surface area (Å²) in [5, 5.41) is 0. The third-order valence-electron chi connectivity index (χ3n) is 1.70. The third-order valence-corrected chi connectivity index (χ3v) is 1.70. The molecule has 0 aliphatic heterocycles. The van der Waals surface area contributed by atoms with E-state index < -0.39 is 0 Å². The van der Waals surface area contributed by atoms with Gasteiger partial charge in [-0.2, -0.15) is 0 Å². The van der Waals surface area contributed by atoms with Gasteiger partial charge in [0, 0.05) is 11.8 Å². The molecular formula is C11H17NO. The van der Waals surface area contributed by atoms with Gasteiger partial charge < -0.3 is 4.74 Å². The van der Waals surface area contributed by atoms with Crippen molar-refractivity contribution in [3.8, 4) is 5.88 Å². The molecule has 0 aromatic carbocycles. The van der Waals surface area contributed by atoms with Gasteiger partial charge >= 0.3 is 0 Å². The van der Waals surface area contributed by atoms with Gasteiger partial charge in [0.1, 0.15) is 0 Å². The second-order valence-electron chi connectivity index (χ2n) is 4.41. The minimum Gasteiger partial charge on any atom is -0.481 e. The highest BCUT2D eigenvalue weighted by molar-refractivity contribution is 5.16. The van der Waals surface area contributed by atoms with Crippen LogP contribution in [0, 0.1) is 5.41 Å². The van der Waals surface area contributed by atoms with Crippen LogP contribution in [0.15, 0.2) is 18.2 Å². The molecule has 0 N–H and O–H groups in total. The lowest BCUT2D eigenvalue weighted by Crippen LogP contribution is -2.10. The van der Waals surface area contributed by atoms with Gasteiger partial charge in [0.25, 0.3) is 0 Å². The van der Waals surface area contributed by atoms with Gasteiger partial charge in [0.15, 0.2) is 0 Å². The van der Waals surface area contributed by atoms with Gasteiger partial charge in [-0.15, -0.1) is 0 Å². The summed E-state index contributed by atoms with van der Waals surface area (Å²) < 4.78 is 5.06. The monoisotopic (exact) mass is 179 g/mol. The van der Waals surface area contributed by atoms with E-state index in [2.05, 4.69) is 25.8 Å². The van der Waals surface area contributed by atoms with Crippen LogP contribution in [0.25, 0.3) is 0 Å². The van der Waals surface area contributed by atoms with Crippen molar-refractivity contribution >= 4 is 0 Å². The highest BCUT2D eigenvalue weighted by Gasteiger charge is 2.12. The second-order valence-corrected chi connectivity index (χ2v) is 4.41. The number of ether oxygens (including phenoxy) is 1. The zero-order valence-electron chi connectivity index (χ0n) is 8.79. The lowest BCUT2D eigenvalue weighted by atomic mass is 9.90. The van der Waals surface area contributed by atoms with Crippen molar-refractivity contribution in [3.63, 3.8) is 0 Å². The van der Waals surface area contributed by atoms with Crippen LogP contribution >= 0.6 is 0 Å². The molecule has 1 aromatic heterocycles. The van der Waals surface area contributed by atoms with E-state index in [1.165, 1.54) is 0 Å². The molecule has 0 atom stereocenters. The summed E-state index contributed by atoms with van der Waals surface area (Å²) in [7, 11) is 1.64. The van der Waals surface area contributed by atoms with Crippen molar-refractivity contribution in [3.05, 3.63) is 23.9 Å². The summed E-state index contributed by atoms with van der Waals surface area (Å²) in [4.78, 5) is 4.35. The predicted octanol–water partition coefficient (Wildman–Crippen LogP) is 2.68.